The molecule has 0 aromatic carbocycles. The van der Waals surface area contributed by atoms with E-state index in [1.807, 2.05) is 6.07 Å². The molecule has 0 aliphatic carbocycles. The lowest BCUT2D eigenvalue weighted by Gasteiger charge is -2.03. The SMILES string of the molecule is Cl.NCCCNC(=O)CCCc1cc(Cl)sc1Cl. The normalized spacial score (nSPS) is 9.94. The summed E-state index contributed by atoms with van der Waals surface area (Å²) < 4.78 is 1.41. The van der Waals surface area contributed by atoms with Crippen molar-refractivity contribution >= 4 is 52.9 Å². The molecule has 0 atom stereocenters. The lowest BCUT2D eigenvalue weighted by molar-refractivity contribution is -0.121. The number of nitrogens with one attached hydrogen (secondary N) is 1. The van der Waals surface area contributed by atoms with E-state index in [0.717, 1.165) is 29.2 Å². The highest BCUT2D eigenvalue weighted by Crippen LogP contribution is 2.31. The van der Waals surface area contributed by atoms with Crippen LogP contribution in [0.15, 0.2) is 6.07 Å². The number of hydrogen-bond acceptors (Lipinski definition) is 3. The van der Waals surface area contributed by atoms with Gasteiger partial charge in [0, 0.05) is 13.0 Å². The van der Waals surface area contributed by atoms with Crippen molar-refractivity contribution in [3.63, 3.8) is 0 Å². The maximum atomic E-state index is 11.4. The van der Waals surface area contributed by atoms with Gasteiger partial charge in [0.1, 0.15) is 0 Å². The molecule has 1 amide bonds. The van der Waals surface area contributed by atoms with E-state index in [1.165, 1.54) is 11.3 Å². The van der Waals surface area contributed by atoms with Gasteiger partial charge in [-0.3, -0.25) is 4.79 Å². The van der Waals surface area contributed by atoms with Crippen LogP contribution >= 0.6 is 46.9 Å². The number of nitrogens with two attached hydrogens (primary N) is 1. The first-order valence-corrected chi connectivity index (χ1v) is 7.11. The molecule has 0 aliphatic rings. The molecule has 1 aromatic heterocycles. The molecule has 0 bridgehead atoms. The Morgan fingerprint density at radius 1 is 1.39 bits per heavy atom. The average molecular weight is 332 g/mol. The number of carbonyl (C=O) groups excluding carboxylic acids is 1. The van der Waals surface area contributed by atoms with E-state index < -0.39 is 0 Å². The lowest BCUT2D eigenvalue weighted by atomic mass is 10.1. The average Bonchev–Trinajstić information content (AvgIpc) is 2.58. The second-order valence-electron chi connectivity index (χ2n) is 3.70. The quantitative estimate of drug-likeness (QED) is 0.753. The summed E-state index contributed by atoms with van der Waals surface area (Å²) in [6, 6.07) is 1.86. The minimum absolute atomic E-state index is 0. The Bertz CT molecular complexity index is 371. The second kappa shape index (κ2) is 9.87. The Labute approximate surface area is 127 Å². The highest BCUT2D eigenvalue weighted by Gasteiger charge is 2.07. The Morgan fingerprint density at radius 2 is 2.11 bits per heavy atom. The minimum Gasteiger partial charge on any atom is -0.356 e. The van der Waals surface area contributed by atoms with Crippen molar-refractivity contribution < 1.29 is 4.79 Å². The molecule has 1 aromatic rings. The summed E-state index contributed by atoms with van der Waals surface area (Å²) in [5.41, 5.74) is 6.36. The first-order valence-electron chi connectivity index (χ1n) is 5.54. The molecule has 104 valence electrons. The third kappa shape index (κ3) is 6.81. The molecule has 0 radical (unpaired) electrons. The molecule has 7 heteroatoms. The highest BCUT2D eigenvalue weighted by molar-refractivity contribution is 7.20. The molecule has 0 spiro atoms. The van der Waals surface area contributed by atoms with Crippen LogP contribution < -0.4 is 11.1 Å². The van der Waals surface area contributed by atoms with Gasteiger partial charge in [0.15, 0.2) is 0 Å². The van der Waals surface area contributed by atoms with Crippen LogP contribution in [-0.4, -0.2) is 19.0 Å². The van der Waals surface area contributed by atoms with E-state index >= 15 is 0 Å². The summed E-state index contributed by atoms with van der Waals surface area (Å²) in [7, 11) is 0. The van der Waals surface area contributed by atoms with Crippen LogP contribution in [0.1, 0.15) is 24.8 Å². The van der Waals surface area contributed by atoms with E-state index in [-0.39, 0.29) is 18.3 Å². The van der Waals surface area contributed by atoms with Crippen LogP contribution in [-0.2, 0) is 11.2 Å². The summed E-state index contributed by atoms with van der Waals surface area (Å²) >= 11 is 13.2. The molecule has 0 saturated heterocycles. The number of hydrogen-bond donors (Lipinski definition) is 2. The van der Waals surface area contributed by atoms with Gasteiger partial charge in [-0.05, 0) is 37.4 Å². The van der Waals surface area contributed by atoms with Crippen molar-refractivity contribution in [3.8, 4) is 0 Å². The summed E-state index contributed by atoms with van der Waals surface area (Å²) in [4.78, 5) is 11.4. The zero-order chi connectivity index (χ0) is 12.7. The standard InChI is InChI=1S/C11H16Cl2N2OS.ClH/c12-9-7-8(11(13)17-9)3-1-4-10(16)15-6-2-5-14;/h7H,1-6,14H2,(H,15,16);1H. The minimum atomic E-state index is 0. The van der Waals surface area contributed by atoms with Gasteiger partial charge in [-0.15, -0.1) is 23.7 Å². The fraction of sp³-hybridized carbons (Fsp3) is 0.545. The predicted octanol–water partition coefficient (Wildman–Crippen LogP) is 3.26. The molecular weight excluding hydrogens is 315 g/mol. The lowest BCUT2D eigenvalue weighted by Crippen LogP contribution is -2.25. The Balaban J connectivity index is 0.00000289. The van der Waals surface area contributed by atoms with Crippen molar-refractivity contribution in [1.29, 1.82) is 0 Å². The number of amides is 1. The Kier molecular flexibility index (Phi) is 9.87. The van der Waals surface area contributed by atoms with Crippen LogP contribution in [0, 0.1) is 0 Å². The van der Waals surface area contributed by atoms with E-state index in [2.05, 4.69) is 5.32 Å². The summed E-state index contributed by atoms with van der Waals surface area (Å²) in [5.74, 6) is 0.0656. The third-order valence-corrected chi connectivity index (χ3v) is 3.85. The van der Waals surface area contributed by atoms with E-state index in [4.69, 9.17) is 28.9 Å². The maximum Gasteiger partial charge on any atom is 0.220 e. The van der Waals surface area contributed by atoms with Crippen LogP contribution in [0.4, 0.5) is 0 Å². The van der Waals surface area contributed by atoms with Gasteiger partial charge >= 0.3 is 0 Å². The smallest absolute Gasteiger partial charge is 0.220 e. The molecule has 1 rings (SSSR count). The summed E-state index contributed by atoms with van der Waals surface area (Å²) in [6.07, 6.45) is 2.89. The topological polar surface area (TPSA) is 55.1 Å². The molecule has 1 heterocycles. The van der Waals surface area contributed by atoms with Gasteiger partial charge < -0.3 is 11.1 Å². The predicted molar refractivity (Wildman–Crippen MR) is 81.2 cm³/mol. The fourth-order valence-electron chi connectivity index (χ4n) is 1.40. The Morgan fingerprint density at radius 3 is 2.67 bits per heavy atom. The number of halogens is 3. The van der Waals surface area contributed by atoms with Gasteiger partial charge in [-0.25, -0.2) is 0 Å². The first-order chi connectivity index (χ1) is 8.13. The number of thiophene rings is 1. The molecule has 0 aliphatic heterocycles. The number of rotatable bonds is 7. The van der Waals surface area contributed by atoms with E-state index in [1.54, 1.807) is 0 Å². The van der Waals surface area contributed by atoms with Gasteiger partial charge in [0.05, 0.1) is 8.67 Å². The molecule has 0 saturated carbocycles. The zero-order valence-electron chi connectivity index (χ0n) is 9.88. The maximum absolute atomic E-state index is 11.4. The van der Waals surface area contributed by atoms with Crippen molar-refractivity contribution in [2.24, 2.45) is 5.73 Å². The highest BCUT2D eigenvalue weighted by atomic mass is 35.5. The van der Waals surface area contributed by atoms with Gasteiger partial charge in [-0.1, -0.05) is 23.2 Å². The summed E-state index contributed by atoms with van der Waals surface area (Å²) in [5, 5.41) is 2.81. The summed E-state index contributed by atoms with van der Waals surface area (Å²) in [6.45, 7) is 1.25. The number of aryl methyl sites for hydroxylation is 1. The van der Waals surface area contributed by atoms with Gasteiger partial charge in [0.2, 0.25) is 5.91 Å². The second-order valence-corrected chi connectivity index (χ2v) is 5.98. The number of carbonyl (C=O) groups is 1. The molecule has 0 unspecified atom stereocenters. The van der Waals surface area contributed by atoms with Crippen LogP contribution in [0.5, 0.6) is 0 Å². The largest absolute Gasteiger partial charge is 0.356 e. The van der Waals surface area contributed by atoms with Crippen LogP contribution in [0.3, 0.4) is 0 Å². The van der Waals surface area contributed by atoms with E-state index in [9.17, 15) is 4.79 Å². The Hall–Kier alpha value is -0.0000000000000000555. The van der Waals surface area contributed by atoms with Crippen LogP contribution in [0.2, 0.25) is 8.67 Å². The third-order valence-electron chi connectivity index (χ3n) is 2.28. The zero-order valence-corrected chi connectivity index (χ0v) is 13.0. The van der Waals surface area contributed by atoms with Crippen LogP contribution in [0.25, 0.3) is 0 Å². The molecule has 18 heavy (non-hydrogen) atoms. The molecule has 0 fully saturated rings. The van der Waals surface area contributed by atoms with Gasteiger partial charge in [-0.2, -0.15) is 0 Å². The monoisotopic (exact) mass is 330 g/mol. The van der Waals surface area contributed by atoms with Gasteiger partial charge in [0.25, 0.3) is 0 Å². The van der Waals surface area contributed by atoms with Crippen molar-refractivity contribution in [2.75, 3.05) is 13.1 Å². The molecule has 3 N–H and O–H groups in total. The molecular formula is C11H17Cl3N2OS. The first kappa shape index (κ1) is 18.0. The van der Waals surface area contributed by atoms with E-state index in [0.29, 0.717) is 23.8 Å². The molecule has 3 nitrogen and oxygen atoms in total. The van der Waals surface area contributed by atoms with Crippen molar-refractivity contribution in [3.05, 3.63) is 20.3 Å². The fourth-order valence-corrected chi connectivity index (χ4v) is 2.95. The van der Waals surface area contributed by atoms with Crippen molar-refractivity contribution in [1.82, 2.24) is 5.32 Å². The van der Waals surface area contributed by atoms with Crippen molar-refractivity contribution in [2.45, 2.75) is 25.7 Å².